The van der Waals surface area contributed by atoms with Crippen molar-refractivity contribution >= 4 is 11.8 Å². The molecule has 2 fully saturated rings. The molecule has 2 nitrogen and oxygen atoms in total. The van der Waals surface area contributed by atoms with Gasteiger partial charge in [-0.3, -0.25) is 0 Å². The Morgan fingerprint density at radius 1 is 1.32 bits per heavy atom. The third-order valence-corrected chi connectivity index (χ3v) is 8.60. The van der Waals surface area contributed by atoms with Crippen molar-refractivity contribution < 1.29 is 10.2 Å². The van der Waals surface area contributed by atoms with Gasteiger partial charge in [-0.1, -0.05) is 42.9 Å². The molecule has 0 spiro atoms. The zero-order chi connectivity index (χ0) is 20.5. The summed E-state index contributed by atoms with van der Waals surface area (Å²) in [5, 5.41) is 20.6. The Morgan fingerprint density at radius 2 is 2.07 bits per heavy atom. The van der Waals surface area contributed by atoms with E-state index < -0.39 is 5.60 Å². The molecule has 2 N–H and O–H groups in total. The Balaban J connectivity index is 1.74. The molecule has 3 aliphatic rings. The lowest BCUT2D eigenvalue weighted by Crippen LogP contribution is -2.34. The lowest BCUT2D eigenvalue weighted by Gasteiger charge is -2.42. The standard InChI is InChI=1S/C25H38O2S/c1-17-19(8-6-10-23(17)26)11-12-20-9-7-15-25(5)21(13-14-22(20)25)18(2)28-16-24(3,4)27/h11-13,18,22-23,26-27H,1,6-10,14-16H2,2-5H3/b19-11-,20-12+. The molecule has 0 radical (unpaired) electrons. The van der Waals surface area contributed by atoms with Crippen molar-refractivity contribution in [2.45, 2.75) is 89.6 Å². The SMILES string of the molecule is C=C1/C(=C\C=C2/CCCC3(C)C(C(C)SCC(C)(C)O)=CCC23)CCCC1O. The normalized spacial score (nSPS) is 35.2. The molecule has 4 unspecified atom stereocenters. The highest BCUT2D eigenvalue weighted by atomic mass is 32.2. The minimum absolute atomic E-state index is 0.248. The second-order valence-corrected chi connectivity index (χ2v) is 11.2. The van der Waals surface area contributed by atoms with Gasteiger partial charge in [-0.05, 0) is 88.2 Å². The summed E-state index contributed by atoms with van der Waals surface area (Å²) in [5.74, 6) is 1.37. The van der Waals surface area contributed by atoms with E-state index in [1.807, 2.05) is 25.6 Å². The highest BCUT2D eigenvalue weighted by Gasteiger charge is 2.46. The van der Waals surface area contributed by atoms with E-state index >= 15 is 0 Å². The fraction of sp³-hybridized carbons (Fsp3) is 0.680. The number of hydrogen-bond donors (Lipinski definition) is 2. The van der Waals surface area contributed by atoms with Crippen LogP contribution in [0.5, 0.6) is 0 Å². The number of rotatable bonds is 5. The Morgan fingerprint density at radius 3 is 2.79 bits per heavy atom. The second-order valence-electron chi connectivity index (χ2n) is 9.85. The Kier molecular flexibility index (Phi) is 6.68. The summed E-state index contributed by atoms with van der Waals surface area (Å²) in [5.41, 5.74) is 4.94. The maximum atomic E-state index is 10.1. The van der Waals surface area contributed by atoms with Gasteiger partial charge in [0.2, 0.25) is 0 Å². The molecule has 28 heavy (non-hydrogen) atoms. The topological polar surface area (TPSA) is 40.5 Å². The van der Waals surface area contributed by atoms with Crippen LogP contribution in [0, 0.1) is 11.3 Å². The van der Waals surface area contributed by atoms with E-state index in [4.69, 9.17) is 0 Å². The van der Waals surface area contributed by atoms with Gasteiger partial charge in [0, 0.05) is 11.0 Å². The van der Waals surface area contributed by atoms with E-state index in [2.05, 4.69) is 38.7 Å². The molecule has 0 aliphatic heterocycles. The molecule has 3 heteroatoms. The van der Waals surface area contributed by atoms with Gasteiger partial charge in [0.05, 0.1) is 11.7 Å². The largest absolute Gasteiger partial charge is 0.390 e. The van der Waals surface area contributed by atoms with Crippen LogP contribution >= 0.6 is 11.8 Å². The van der Waals surface area contributed by atoms with Crippen LogP contribution in [0.15, 0.2) is 47.1 Å². The van der Waals surface area contributed by atoms with E-state index in [0.29, 0.717) is 11.2 Å². The van der Waals surface area contributed by atoms with Crippen molar-refractivity contribution in [3.05, 3.63) is 47.1 Å². The van der Waals surface area contributed by atoms with Gasteiger partial charge in [0.1, 0.15) is 0 Å². The number of aliphatic hydroxyl groups excluding tert-OH is 1. The van der Waals surface area contributed by atoms with E-state index in [-0.39, 0.29) is 11.5 Å². The molecule has 4 atom stereocenters. The van der Waals surface area contributed by atoms with Gasteiger partial charge >= 0.3 is 0 Å². The summed E-state index contributed by atoms with van der Waals surface area (Å²) in [6.07, 6.45) is 14.5. The van der Waals surface area contributed by atoms with Gasteiger partial charge in [0.15, 0.2) is 0 Å². The predicted molar refractivity (Wildman–Crippen MR) is 122 cm³/mol. The molecule has 0 bridgehead atoms. The predicted octanol–water partition coefficient (Wildman–Crippen LogP) is 5.97. The van der Waals surface area contributed by atoms with Gasteiger partial charge in [-0.25, -0.2) is 0 Å². The van der Waals surface area contributed by atoms with E-state index in [1.54, 1.807) is 11.1 Å². The maximum Gasteiger partial charge on any atom is 0.0787 e. The summed E-state index contributed by atoms with van der Waals surface area (Å²) in [6, 6.07) is 0. The smallest absolute Gasteiger partial charge is 0.0787 e. The Hall–Kier alpha value is -0.770. The highest BCUT2D eigenvalue weighted by molar-refractivity contribution is 8.00. The number of allylic oxidation sites excluding steroid dienone is 4. The molecule has 0 aromatic carbocycles. The van der Waals surface area contributed by atoms with Crippen molar-refractivity contribution in [2.75, 3.05) is 5.75 Å². The van der Waals surface area contributed by atoms with Gasteiger partial charge < -0.3 is 10.2 Å². The molecular weight excluding hydrogens is 364 g/mol. The first-order chi connectivity index (χ1) is 13.1. The fourth-order valence-electron chi connectivity index (χ4n) is 5.33. The highest BCUT2D eigenvalue weighted by Crippen LogP contribution is 2.56. The van der Waals surface area contributed by atoms with Gasteiger partial charge in [0.25, 0.3) is 0 Å². The molecule has 3 aliphatic carbocycles. The fourth-order valence-corrected chi connectivity index (χ4v) is 6.54. The quantitative estimate of drug-likeness (QED) is 0.557. The number of hydrogen-bond acceptors (Lipinski definition) is 3. The first-order valence-corrected chi connectivity index (χ1v) is 12.0. The third kappa shape index (κ3) is 4.68. The first-order valence-electron chi connectivity index (χ1n) is 10.9. The molecule has 0 saturated heterocycles. The van der Waals surface area contributed by atoms with E-state index in [1.165, 1.54) is 24.8 Å². The van der Waals surface area contributed by atoms with Crippen molar-refractivity contribution in [2.24, 2.45) is 11.3 Å². The lowest BCUT2D eigenvalue weighted by atomic mass is 9.64. The molecule has 2 saturated carbocycles. The summed E-state index contributed by atoms with van der Waals surface area (Å²) in [7, 11) is 0. The van der Waals surface area contributed by atoms with Crippen molar-refractivity contribution in [3.63, 3.8) is 0 Å². The molecular formula is C25H38O2S. The first kappa shape index (κ1) is 21.9. The lowest BCUT2D eigenvalue weighted by molar-refractivity contribution is 0.107. The minimum atomic E-state index is -0.616. The van der Waals surface area contributed by atoms with Crippen LogP contribution in [0.1, 0.15) is 72.6 Å². The zero-order valence-corrected chi connectivity index (χ0v) is 18.9. The number of fused-ring (bicyclic) bond motifs is 1. The zero-order valence-electron chi connectivity index (χ0n) is 18.1. The molecule has 0 aromatic rings. The second kappa shape index (κ2) is 8.53. The third-order valence-electron chi connectivity index (χ3n) is 6.97. The van der Waals surface area contributed by atoms with Crippen LogP contribution in [-0.2, 0) is 0 Å². The molecule has 0 amide bonds. The van der Waals surface area contributed by atoms with Gasteiger partial charge in [-0.2, -0.15) is 11.8 Å². The van der Waals surface area contributed by atoms with Gasteiger partial charge in [-0.15, -0.1) is 0 Å². The van der Waals surface area contributed by atoms with E-state index in [0.717, 1.165) is 37.0 Å². The minimum Gasteiger partial charge on any atom is -0.390 e. The molecule has 0 heterocycles. The van der Waals surface area contributed by atoms with Crippen molar-refractivity contribution in [1.82, 2.24) is 0 Å². The molecule has 0 aromatic heterocycles. The van der Waals surface area contributed by atoms with Crippen LogP contribution in [0.25, 0.3) is 0 Å². The van der Waals surface area contributed by atoms with Crippen LogP contribution in [0.2, 0.25) is 0 Å². The number of aliphatic hydroxyl groups is 2. The summed E-state index contributed by atoms with van der Waals surface area (Å²) in [6.45, 7) is 12.7. The maximum absolute atomic E-state index is 10.1. The Bertz CT molecular complexity index is 694. The molecule has 156 valence electrons. The summed E-state index contributed by atoms with van der Waals surface area (Å²) in [4.78, 5) is 0. The summed E-state index contributed by atoms with van der Waals surface area (Å²) < 4.78 is 0. The van der Waals surface area contributed by atoms with Crippen LogP contribution in [0.4, 0.5) is 0 Å². The van der Waals surface area contributed by atoms with E-state index in [9.17, 15) is 10.2 Å². The van der Waals surface area contributed by atoms with Crippen molar-refractivity contribution in [1.29, 1.82) is 0 Å². The number of thioether (sulfide) groups is 1. The monoisotopic (exact) mass is 402 g/mol. The Labute approximate surface area is 175 Å². The van der Waals surface area contributed by atoms with Crippen LogP contribution < -0.4 is 0 Å². The van der Waals surface area contributed by atoms with Crippen LogP contribution in [-0.4, -0.2) is 32.9 Å². The van der Waals surface area contributed by atoms with Crippen LogP contribution in [0.3, 0.4) is 0 Å². The average molecular weight is 403 g/mol. The van der Waals surface area contributed by atoms with Crippen molar-refractivity contribution in [3.8, 4) is 0 Å². The average Bonchev–Trinajstić information content (AvgIpc) is 2.98. The molecule has 3 rings (SSSR count). The summed E-state index contributed by atoms with van der Waals surface area (Å²) >= 11 is 1.88.